The number of benzene rings is 4. The molecule has 2 saturated heterocycles. The van der Waals surface area contributed by atoms with E-state index in [1.807, 2.05) is 12.1 Å². The Kier molecular flexibility index (Phi) is 34.4. The van der Waals surface area contributed by atoms with Crippen LogP contribution in [0.15, 0.2) is 106 Å². The SMILES string of the molecule is CCC[C@H](NC(=O)[C@H](C)NC(=O)[C@H](Cc1ccc(O)cc1)NC(=O)[C@@H]1CCCN1C(=O)[C@H](CCCCN)NC(=O)[C@@H]1CCCN1C(=O)[C@H](CCCNC(=N)N)NC(=O)Cc1cc(=O)oc2cc(OC)ccc12)C(=O)N[C@@H](Cc1c[nH]c2ccccc12)C(=O)N[C@@H](CCSC)C(=O)N[C@@H](CCCCNc1ccc([N+](=O)[O-])cc1[N+](=O)[O-])C(N)=O. The van der Waals surface area contributed by atoms with Gasteiger partial charge in [0.2, 0.25) is 65.0 Å². The van der Waals surface area contributed by atoms with Gasteiger partial charge in [0.15, 0.2) is 5.96 Å². The lowest BCUT2D eigenvalue weighted by Crippen LogP contribution is -2.60. The van der Waals surface area contributed by atoms with Gasteiger partial charge in [-0.3, -0.25) is 78.4 Å². The van der Waals surface area contributed by atoms with Gasteiger partial charge in [-0.05, 0) is 168 Å². The summed E-state index contributed by atoms with van der Waals surface area (Å²) in [4.78, 5) is 199. The first-order chi connectivity index (χ1) is 56.5. The lowest BCUT2D eigenvalue weighted by Gasteiger charge is -2.32. The van der Waals surface area contributed by atoms with E-state index in [-0.39, 0.29) is 133 Å². The van der Waals surface area contributed by atoms with Gasteiger partial charge in [-0.2, -0.15) is 11.8 Å². The zero-order valence-corrected chi connectivity index (χ0v) is 67.0. The lowest BCUT2D eigenvalue weighted by atomic mass is 10.0. The van der Waals surface area contributed by atoms with Gasteiger partial charge in [0.1, 0.15) is 83.2 Å². The van der Waals surface area contributed by atoms with E-state index < -0.39 is 152 Å². The number of nitro groups is 2. The molecule has 8 rings (SSSR count). The number of amides is 11. The van der Waals surface area contributed by atoms with Crippen LogP contribution in [0.25, 0.3) is 21.9 Å². The molecule has 0 bridgehead atoms. The molecule has 118 heavy (non-hydrogen) atoms. The standard InChI is InChI=1S/C79H105N19O19S/c1-5-15-57(71(104)93-62(39-48-44-86-54-17-7-6-16-52(48)54)74(107)91-58(31-37-118-4)72(105)89-56(69(81)102)18-9-11-33-84-55-30-25-49(97(112)113)42-65(55)98(114)115)90-70(103)45(2)87-73(106)61(38-46-23-26-50(99)27-24-46)94-76(109)64-22-14-36-96(64)78(111)60(19-8-10-32-80)92-75(108)63-21-13-35-95(63)77(110)59(20-12-34-85-79(82)83)88-67(100)40-47-41-68(101)117-66-43-51(116-3)28-29-53(47)66/h6-7,16-17,23-30,41-45,56-64,84,86,99H,5,8-15,18-22,31-40,80H2,1-4H3,(H2,81,102)(H,87,106)(H,88,100)(H,89,105)(H,90,103)(H,91,107)(H,92,108)(H,93,104)(H,94,109)(H4,82,83,85)/t45-,56-,57-,58-,59-,60-,61-,62-,63-,64-/m0/s1. The quantitative estimate of drug-likeness (QED) is 0.00651. The van der Waals surface area contributed by atoms with Crippen molar-refractivity contribution in [2.24, 2.45) is 17.2 Å². The number of nitro benzene ring substituents is 2. The summed E-state index contributed by atoms with van der Waals surface area (Å²) in [6.07, 6.45) is 5.94. The number of nitrogens with one attached hydrogen (secondary N) is 12. The number of phenols is 1. The zero-order chi connectivity index (χ0) is 85.7. The first-order valence-electron chi connectivity index (χ1n) is 39.2. The molecule has 10 atom stereocenters. The molecule has 0 spiro atoms. The molecule has 0 aliphatic carbocycles. The van der Waals surface area contributed by atoms with Gasteiger partial charge in [0.25, 0.3) is 11.4 Å². The second kappa shape index (κ2) is 44.6. The van der Waals surface area contributed by atoms with Crippen molar-refractivity contribution in [3.05, 3.63) is 145 Å². The van der Waals surface area contributed by atoms with Crippen molar-refractivity contribution < 1.29 is 76.8 Å². The number of aromatic hydroxyl groups is 1. The molecule has 39 heteroatoms. The number of ether oxygens (including phenoxy) is 1. The Morgan fingerprint density at radius 1 is 0.644 bits per heavy atom. The highest BCUT2D eigenvalue weighted by atomic mass is 32.2. The fraction of sp³-hybridized carbons (Fsp3) is 0.481. The van der Waals surface area contributed by atoms with Crippen molar-refractivity contribution in [2.75, 3.05) is 57.2 Å². The smallest absolute Gasteiger partial charge is 0.336 e. The van der Waals surface area contributed by atoms with Gasteiger partial charge in [-0.25, -0.2) is 4.79 Å². The van der Waals surface area contributed by atoms with Crippen molar-refractivity contribution in [3.63, 3.8) is 0 Å². The molecule has 2 aromatic heterocycles. The maximum atomic E-state index is 15.0. The number of carbonyl (C=O) groups excluding carboxylic acids is 11. The number of carbonyl (C=O) groups is 11. The van der Waals surface area contributed by atoms with Crippen molar-refractivity contribution in [1.29, 1.82) is 5.41 Å². The number of hydrogen-bond donors (Lipinski definition) is 16. The van der Waals surface area contributed by atoms with Crippen LogP contribution in [0.5, 0.6) is 11.5 Å². The van der Waals surface area contributed by atoms with E-state index in [4.69, 9.17) is 31.8 Å². The van der Waals surface area contributed by atoms with Crippen LogP contribution in [-0.2, 0) is 72.0 Å². The van der Waals surface area contributed by atoms with E-state index >= 15 is 4.79 Å². The fourth-order valence-electron chi connectivity index (χ4n) is 14.3. The van der Waals surface area contributed by atoms with Crippen molar-refractivity contribution >= 4 is 122 Å². The summed E-state index contributed by atoms with van der Waals surface area (Å²) in [7, 11) is 1.44. The third-order valence-electron chi connectivity index (χ3n) is 20.5. The third kappa shape index (κ3) is 26.0. The number of unbranched alkanes of at least 4 members (excludes halogenated alkanes) is 2. The summed E-state index contributed by atoms with van der Waals surface area (Å²) in [5.41, 5.74) is 17.8. The maximum absolute atomic E-state index is 15.0. The summed E-state index contributed by atoms with van der Waals surface area (Å²) in [6, 6.07) is 9.25. The van der Waals surface area contributed by atoms with Crippen molar-refractivity contribution in [3.8, 4) is 11.5 Å². The second-order valence-corrected chi connectivity index (χ2v) is 30.0. The number of aromatic nitrogens is 1. The van der Waals surface area contributed by atoms with E-state index in [2.05, 4.69) is 58.2 Å². The van der Waals surface area contributed by atoms with E-state index in [1.54, 1.807) is 43.6 Å². The third-order valence-corrected chi connectivity index (χ3v) is 21.1. The summed E-state index contributed by atoms with van der Waals surface area (Å²) < 4.78 is 10.6. The number of H-pyrrole nitrogens is 1. The van der Waals surface area contributed by atoms with Crippen molar-refractivity contribution in [1.82, 2.24) is 62.6 Å². The number of fused-ring (bicyclic) bond motifs is 2. The molecule has 11 amide bonds. The molecular weight excluding hydrogens is 1550 g/mol. The van der Waals surface area contributed by atoms with E-state index in [9.17, 15) is 78.1 Å². The average Bonchev–Trinajstić information content (AvgIpc) is 1.32. The Bertz CT molecular complexity index is 4660. The number of phenolic OH excluding ortho intramolecular Hbond substituents is 1. The summed E-state index contributed by atoms with van der Waals surface area (Å²) in [5, 5.41) is 69.5. The molecule has 0 saturated carbocycles. The highest BCUT2D eigenvalue weighted by Crippen LogP contribution is 2.31. The van der Waals surface area contributed by atoms with Crippen molar-refractivity contribution in [2.45, 2.75) is 190 Å². The van der Waals surface area contributed by atoms with Crippen LogP contribution < -0.4 is 80.7 Å². The predicted octanol–water partition coefficient (Wildman–Crippen LogP) is 2.43. The Morgan fingerprint density at radius 3 is 1.87 bits per heavy atom. The number of hydrogen-bond acceptors (Lipinski definition) is 23. The Morgan fingerprint density at radius 2 is 1.24 bits per heavy atom. The summed E-state index contributed by atoms with van der Waals surface area (Å²) in [6.45, 7) is 3.81. The van der Waals surface area contributed by atoms with Crippen LogP contribution in [0.3, 0.4) is 0 Å². The molecule has 636 valence electrons. The molecule has 4 aromatic carbocycles. The fourth-order valence-corrected chi connectivity index (χ4v) is 14.7. The molecular formula is C79H105N19O19S. The van der Waals surface area contributed by atoms with Crippen LogP contribution >= 0.6 is 11.8 Å². The minimum atomic E-state index is -1.44. The van der Waals surface area contributed by atoms with Gasteiger partial charge < -0.3 is 99.4 Å². The topological polar surface area (TPSA) is 578 Å². The highest BCUT2D eigenvalue weighted by molar-refractivity contribution is 7.98. The lowest BCUT2D eigenvalue weighted by molar-refractivity contribution is -0.393. The number of nitrogens with two attached hydrogens (primary N) is 3. The number of non-ortho nitro benzene ring substituents is 1. The van der Waals surface area contributed by atoms with E-state index in [0.717, 1.165) is 12.1 Å². The predicted molar refractivity (Wildman–Crippen MR) is 438 cm³/mol. The van der Waals surface area contributed by atoms with Gasteiger partial charge >= 0.3 is 5.63 Å². The van der Waals surface area contributed by atoms with Crippen LogP contribution in [-0.4, -0.2) is 213 Å². The number of anilines is 1. The van der Waals surface area contributed by atoms with Gasteiger partial charge in [-0.15, -0.1) is 0 Å². The molecule has 2 aliphatic heterocycles. The molecule has 2 fully saturated rings. The van der Waals surface area contributed by atoms with Crippen LogP contribution in [0.4, 0.5) is 17.1 Å². The van der Waals surface area contributed by atoms with Crippen LogP contribution in [0, 0.1) is 25.6 Å². The second-order valence-electron chi connectivity index (χ2n) is 29.0. The van der Waals surface area contributed by atoms with Gasteiger partial charge in [0, 0.05) is 79.7 Å². The minimum Gasteiger partial charge on any atom is -0.508 e. The number of guanidine groups is 1. The first-order valence-corrected chi connectivity index (χ1v) is 40.6. The average molecular weight is 1660 g/mol. The van der Waals surface area contributed by atoms with Gasteiger partial charge in [0.05, 0.1) is 29.4 Å². The molecule has 0 radical (unpaired) electrons. The molecule has 4 heterocycles. The largest absolute Gasteiger partial charge is 0.508 e. The maximum Gasteiger partial charge on any atom is 0.336 e. The minimum absolute atomic E-state index is 0.0129. The zero-order valence-electron chi connectivity index (χ0n) is 66.2. The molecule has 19 N–H and O–H groups in total. The Hall–Kier alpha value is -12.4. The normalized spacial score (nSPS) is 15.8. The van der Waals surface area contributed by atoms with E-state index in [1.165, 1.54) is 78.1 Å². The van der Waals surface area contributed by atoms with Crippen LogP contribution in [0.1, 0.15) is 127 Å². The number of rotatable bonds is 46. The van der Waals surface area contributed by atoms with E-state index in [0.29, 0.717) is 83.0 Å². The Labute approximate surface area is 683 Å². The molecule has 2 aliphatic rings. The number of aromatic amines is 1. The molecule has 38 nitrogen and oxygen atoms in total. The van der Waals surface area contributed by atoms with Gasteiger partial charge in [-0.1, -0.05) is 43.7 Å². The number of nitrogens with zero attached hydrogens (tertiary/aromatic N) is 4. The number of para-hydroxylation sites is 1. The first kappa shape index (κ1) is 91.1. The highest BCUT2D eigenvalue weighted by Gasteiger charge is 2.43. The molecule has 6 aromatic rings. The number of primary amides is 1. The summed E-state index contributed by atoms with van der Waals surface area (Å²) >= 11 is 1.36. The number of thioether (sulfide) groups is 1. The Balaban J connectivity index is 0.931. The number of methoxy groups -OCH3 is 1. The monoisotopic (exact) mass is 1660 g/mol. The molecule has 0 unspecified atom stereocenters. The number of likely N-dealkylation sites (tertiary alicyclic amines) is 2. The summed E-state index contributed by atoms with van der Waals surface area (Å²) in [5.74, 6) is -7.94. The van der Waals surface area contributed by atoms with Crippen LogP contribution in [0.2, 0.25) is 0 Å².